The first kappa shape index (κ1) is 16.4. The van der Waals surface area contributed by atoms with Crippen LogP contribution in [0.4, 0.5) is 0 Å². The highest BCUT2D eigenvalue weighted by Crippen LogP contribution is 2.29. The Morgan fingerprint density at radius 1 is 1.24 bits per heavy atom. The molecule has 1 fully saturated rings. The van der Waals surface area contributed by atoms with Crippen molar-refractivity contribution in [3.05, 3.63) is 30.1 Å². The number of piperidine rings is 1. The predicted octanol–water partition coefficient (Wildman–Crippen LogP) is 2.11. The molecule has 0 unspecified atom stereocenters. The molecule has 1 aromatic rings. The number of nitrogens with two attached hydrogens (primary N) is 1. The molecule has 2 N–H and O–H groups in total. The number of hydrogen-bond donors (Lipinski definition) is 1. The summed E-state index contributed by atoms with van der Waals surface area (Å²) in [5.74, 6) is 0. The molecule has 1 aliphatic rings. The zero-order valence-corrected chi connectivity index (χ0v) is 13.6. The van der Waals surface area contributed by atoms with Crippen LogP contribution in [-0.2, 0) is 6.54 Å². The summed E-state index contributed by atoms with van der Waals surface area (Å²) in [6, 6.07) is 4.22. The fraction of sp³-hybridized carbons (Fsp3) is 0.706. The first-order chi connectivity index (χ1) is 10.2. The van der Waals surface area contributed by atoms with Gasteiger partial charge in [0.2, 0.25) is 0 Å². The number of aromatic nitrogens is 1. The summed E-state index contributed by atoms with van der Waals surface area (Å²) in [5, 5.41) is 0. The van der Waals surface area contributed by atoms with Crippen molar-refractivity contribution in [2.75, 3.05) is 32.7 Å². The van der Waals surface area contributed by atoms with Gasteiger partial charge in [0.25, 0.3) is 0 Å². The summed E-state index contributed by atoms with van der Waals surface area (Å²) in [6.07, 6.45) is 7.36. The van der Waals surface area contributed by atoms with E-state index in [-0.39, 0.29) is 5.54 Å². The molecule has 2 rings (SSSR count). The van der Waals surface area contributed by atoms with Crippen molar-refractivity contribution < 1.29 is 0 Å². The smallest absolute Gasteiger partial charge is 0.0359 e. The maximum absolute atomic E-state index is 6.22. The molecule has 0 radical (unpaired) electrons. The van der Waals surface area contributed by atoms with E-state index in [0.717, 1.165) is 19.6 Å². The van der Waals surface area contributed by atoms with Gasteiger partial charge in [-0.3, -0.25) is 9.88 Å². The Morgan fingerprint density at radius 3 is 2.43 bits per heavy atom. The van der Waals surface area contributed by atoms with Gasteiger partial charge in [0.05, 0.1) is 0 Å². The van der Waals surface area contributed by atoms with E-state index in [9.17, 15) is 0 Å². The van der Waals surface area contributed by atoms with Crippen LogP contribution in [0.15, 0.2) is 24.5 Å². The second-order valence-corrected chi connectivity index (χ2v) is 6.14. The molecule has 0 saturated carbocycles. The lowest BCUT2D eigenvalue weighted by molar-refractivity contribution is 0.0244. The minimum Gasteiger partial charge on any atom is -0.329 e. The molecule has 21 heavy (non-hydrogen) atoms. The van der Waals surface area contributed by atoms with Crippen molar-refractivity contribution in [3.8, 4) is 0 Å². The molecule has 1 saturated heterocycles. The average molecular weight is 290 g/mol. The van der Waals surface area contributed by atoms with Crippen LogP contribution in [-0.4, -0.2) is 53.0 Å². The molecule has 118 valence electrons. The molecule has 0 bridgehead atoms. The molecular weight excluding hydrogens is 260 g/mol. The highest BCUT2D eigenvalue weighted by Gasteiger charge is 2.37. The Balaban J connectivity index is 2.04. The Kier molecular flexibility index (Phi) is 6.15. The van der Waals surface area contributed by atoms with E-state index in [1.54, 1.807) is 0 Å². The van der Waals surface area contributed by atoms with Gasteiger partial charge >= 0.3 is 0 Å². The largest absolute Gasteiger partial charge is 0.329 e. The zero-order valence-electron chi connectivity index (χ0n) is 13.6. The van der Waals surface area contributed by atoms with E-state index < -0.39 is 0 Å². The zero-order chi connectivity index (χ0) is 15.1. The van der Waals surface area contributed by atoms with Crippen LogP contribution in [0.1, 0.15) is 38.7 Å². The first-order valence-electron chi connectivity index (χ1n) is 8.30. The molecule has 0 atom stereocenters. The summed E-state index contributed by atoms with van der Waals surface area (Å²) >= 11 is 0. The lowest BCUT2D eigenvalue weighted by Crippen LogP contribution is -2.59. The number of likely N-dealkylation sites (tertiary alicyclic amines) is 1. The molecule has 4 heteroatoms. The van der Waals surface area contributed by atoms with E-state index >= 15 is 0 Å². The molecule has 0 aromatic carbocycles. The highest BCUT2D eigenvalue weighted by molar-refractivity contribution is 5.11. The summed E-state index contributed by atoms with van der Waals surface area (Å²) in [7, 11) is 0. The molecular formula is C17H30N4. The van der Waals surface area contributed by atoms with Crippen molar-refractivity contribution in [3.63, 3.8) is 0 Å². The summed E-state index contributed by atoms with van der Waals surface area (Å²) < 4.78 is 0. The Labute approximate surface area is 129 Å². The number of hydrogen-bond acceptors (Lipinski definition) is 4. The molecule has 1 aromatic heterocycles. The van der Waals surface area contributed by atoms with Crippen LogP contribution in [0, 0.1) is 0 Å². The van der Waals surface area contributed by atoms with Gasteiger partial charge in [-0.15, -0.1) is 0 Å². The molecule has 2 heterocycles. The van der Waals surface area contributed by atoms with Gasteiger partial charge in [0.15, 0.2) is 0 Å². The van der Waals surface area contributed by atoms with Gasteiger partial charge in [0, 0.05) is 31.0 Å². The van der Waals surface area contributed by atoms with Crippen molar-refractivity contribution in [1.29, 1.82) is 0 Å². The van der Waals surface area contributed by atoms with Gasteiger partial charge in [0.1, 0.15) is 0 Å². The van der Waals surface area contributed by atoms with Crippen molar-refractivity contribution >= 4 is 0 Å². The molecule has 4 nitrogen and oxygen atoms in total. The standard InChI is InChI=1S/C17H30N4/c1-3-11-20-12-7-17(15-18,8-13-20)21(4-2)14-16-5-9-19-10-6-16/h5-6,9-10H,3-4,7-8,11-15,18H2,1-2H3. The quantitative estimate of drug-likeness (QED) is 0.835. The van der Waals surface area contributed by atoms with Gasteiger partial charge < -0.3 is 10.6 Å². The number of likely N-dealkylation sites (N-methyl/N-ethyl adjacent to an activating group) is 1. The normalized spacial score (nSPS) is 19.0. The van der Waals surface area contributed by atoms with Crippen LogP contribution in [0.25, 0.3) is 0 Å². The Hall–Kier alpha value is -0.970. The Bertz CT molecular complexity index is 399. The van der Waals surface area contributed by atoms with E-state index in [1.165, 1.54) is 44.5 Å². The summed E-state index contributed by atoms with van der Waals surface area (Å²) in [4.78, 5) is 9.26. The van der Waals surface area contributed by atoms with Crippen LogP contribution in [0.2, 0.25) is 0 Å². The first-order valence-corrected chi connectivity index (χ1v) is 8.30. The monoisotopic (exact) mass is 290 g/mol. The van der Waals surface area contributed by atoms with Gasteiger partial charge in [-0.25, -0.2) is 0 Å². The maximum atomic E-state index is 6.22. The van der Waals surface area contributed by atoms with Crippen LogP contribution in [0.5, 0.6) is 0 Å². The predicted molar refractivity (Wildman–Crippen MR) is 88.1 cm³/mol. The van der Waals surface area contributed by atoms with E-state index in [2.05, 4.69) is 40.8 Å². The fourth-order valence-electron chi connectivity index (χ4n) is 3.48. The van der Waals surface area contributed by atoms with Crippen LogP contribution < -0.4 is 5.73 Å². The van der Waals surface area contributed by atoms with E-state index in [4.69, 9.17) is 5.73 Å². The minimum absolute atomic E-state index is 0.169. The van der Waals surface area contributed by atoms with Crippen molar-refractivity contribution in [2.24, 2.45) is 5.73 Å². The average Bonchev–Trinajstić information content (AvgIpc) is 2.55. The third-order valence-electron chi connectivity index (χ3n) is 4.88. The molecule has 0 aliphatic carbocycles. The summed E-state index contributed by atoms with van der Waals surface area (Å²) in [6.45, 7) is 10.9. The maximum Gasteiger partial charge on any atom is 0.0359 e. The Morgan fingerprint density at radius 2 is 1.90 bits per heavy atom. The van der Waals surface area contributed by atoms with Crippen molar-refractivity contribution in [1.82, 2.24) is 14.8 Å². The van der Waals surface area contributed by atoms with E-state index in [0.29, 0.717) is 0 Å². The summed E-state index contributed by atoms with van der Waals surface area (Å²) in [5.41, 5.74) is 7.71. The van der Waals surface area contributed by atoms with Gasteiger partial charge in [-0.05, 0) is 63.1 Å². The third kappa shape index (κ3) is 4.02. The second kappa shape index (κ2) is 7.87. The van der Waals surface area contributed by atoms with Crippen molar-refractivity contribution in [2.45, 2.75) is 45.2 Å². The minimum atomic E-state index is 0.169. The number of nitrogens with zero attached hydrogens (tertiary/aromatic N) is 3. The SMILES string of the molecule is CCCN1CCC(CN)(N(CC)Cc2ccncc2)CC1. The third-order valence-corrected chi connectivity index (χ3v) is 4.88. The lowest BCUT2D eigenvalue weighted by atomic mass is 9.85. The molecule has 1 aliphatic heterocycles. The van der Waals surface area contributed by atoms with Crippen LogP contribution in [0.3, 0.4) is 0 Å². The second-order valence-electron chi connectivity index (χ2n) is 6.14. The number of rotatable bonds is 7. The van der Waals surface area contributed by atoms with Gasteiger partial charge in [-0.1, -0.05) is 13.8 Å². The molecule has 0 amide bonds. The topological polar surface area (TPSA) is 45.4 Å². The highest BCUT2D eigenvalue weighted by atomic mass is 15.2. The fourth-order valence-corrected chi connectivity index (χ4v) is 3.48. The van der Waals surface area contributed by atoms with E-state index in [1.807, 2.05) is 12.4 Å². The number of pyridine rings is 1. The van der Waals surface area contributed by atoms with Crippen LogP contribution >= 0.6 is 0 Å². The molecule has 0 spiro atoms. The lowest BCUT2D eigenvalue weighted by Gasteiger charge is -2.48. The van der Waals surface area contributed by atoms with Gasteiger partial charge in [-0.2, -0.15) is 0 Å².